The van der Waals surface area contributed by atoms with Gasteiger partial charge in [0.2, 0.25) is 0 Å². The van der Waals surface area contributed by atoms with Gasteiger partial charge in [-0.05, 0) is 29.5 Å². The van der Waals surface area contributed by atoms with Crippen LogP contribution >= 0.6 is 0 Å². The van der Waals surface area contributed by atoms with Crippen molar-refractivity contribution in [2.45, 2.75) is 39.5 Å². The molecule has 0 amide bonds. The minimum Gasteiger partial charge on any atom is -0.336 e. The molecule has 0 saturated heterocycles. The van der Waals surface area contributed by atoms with E-state index in [1.165, 1.54) is 16.6 Å². The standard InChI is InChI=1S/C14H20N2/c1-9(2)12-8-13(10(3)4)15-14-11(12)6-7-16(14)5/h6-10H,1-5H3. The van der Waals surface area contributed by atoms with Crippen LogP contribution in [0, 0.1) is 0 Å². The first-order chi connectivity index (χ1) is 7.50. The minimum absolute atomic E-state index is 0.483. The van der Waals surface area contributed by atoms with E-state index in [0.29, 0.717) is 11.8 Å². The van der Waals surface area contributed by atoms with Crippen LogP contribution in [0.25, 0.3) is 11.0 Å². The quantitative estimate of drug-likeness (QED) is 0.746. The van der Waals surface area contributed by atoms with Crippen LogP contribution in [-0.4, -0.2) is 9.55 Å². The lowest BCUT2D eigenvalue weighted by Crippen LogP contribution is -2.00. The summed E-state index contributed by atoms with van der Waals surface area (Å²) in [5.74, 6) is 1.03. The van der Waals surface area contributed by atoms with Crippen LogP contribution in [-0.2, 0) is 7.05 Å². The minimum atomic E-state index is 0.483. The van der Waals surface area contributed by atoms with E-state index in [9.17, 15) is 0 Å². The van der Waals surface area contributed by atoms with Gasteiger partial charge in [-0.25, -0.2) is 4.98 Å². The molecule has 0 atom stereocenters. The Hall–Kier alpha value is -1.31. The molecule has 2 nitrogen and oxygen atoms in total. The summed E-state index contributed by atoms with van der Waals surface area (Å²) in [5, 5.41) is 1.29. The van der Waals surface area contributed by atoms with Crippen LogP contribution in [0.15, 0.2) is 18.3 Å². The van der Waals surface area contributed by atoms with Crippen LogP contribution in [0.4, 0.5) is 0 Å². The summed E-state index contributed by atoms with van der Waals surface area (Å²) >= 11 is 0. The first-order valence-electron chi connectivity index (χ1n) is 5.96. The molecule has 0 radical (unpaired) electrons. The summed E-state index contributed by atoms with van der Waals surface area (Å²) in [6.45, 7) is 8.88. The molecule has 86 valence electrons. The highest BCUT2D eigenvalue weighted by Gasteiger charge is 2.12. The number of rotatable bonds is 2. The van der Waals surface area contributed by atoms with Gasteiger partial charge >= 0.3 is 0 Å². The molecular weight excluding hydrogens is 196 g/mol. The number of aromatic nitrogens is 2. The molecule has 0 aliphatic heterocycles. The molecule has 0 fully saturated rings. The van der Waals surface area contributed by atoms with Crippen LogP contribution in [0.3, 0.4) is 0 Å². The molecule has 0 aliphatic carbocycles. The van der Waals surface area contributed by atoms with Crippen molar-refractivity contribution in [1.82, 2.24) is 9.55 Å². The van der Waals surface area contributed by atoms with E-state index in [4.69, 9.17) is 4.98 Å². The number of hydrogen-bond acceptors (Lipinski definition) is 1. The Bertz CT molecular complexity index is 507. The van der Waals surface area contributed by atoms with Crippen LogP contribution in [0.1, 0.15) is 50.8 Å². The molecule has 2 aromatic rings. The van der Waals surface area contributed by atoms with E-state index in [0.717, 1.165) is 5.65 Å². The number of pyridine rings is 1. The molecule has 0 bridgehead atoms. The number of aryl methyl sites for hydroxylation is 1. The Morgan fingerprint density at radius 3 is 2.38 bits per heavy atom. The average Bonchev–Trinajstić information content (AvgIpc) is 2.59. The predicted octanol–water partition coefficient (Wildman–Crippen LogP) is 3.82. The Morgan fingerprint density at radius 1 is 1.12 bits per heavy atom. The van der Waals surface area contributed by atoms with Gasteiger partial charge in [0.05, 0.1) is 0 Å². The Morgan fingerprint density at radius 2 is 1.81 bits per heavy atom. The maximum atomic E-state index is 4.74. The molecule has 2 heterocycles. The van der Waals surface area contributed by atoms with Crippen molar-refractivity contribution in [2.75, 3.05) is 0 Å². The lowest BCUT2D eigenvalue weighted by molar-refractivity contribution is 0.803. The summed E-state index contributed by atoms with van der Waals surface area (Å²) in [6.07, 6.45) is 2.09. The maximum absolute atomic E-state index is 4.74. The second kappa shape index (κ2) is 3.93. The van der Waals surface area contributed by atoms with Gasteiger partial charge in [-0.1, -0.05) is 27.7 Å². The van der Waals surface area contributed by atoms with Gasteiger partial charge in [-0.2, -0.15) is 0 Å². The molecule has 0 spiro atoms. The predicted molar refractivity (Wildman–Crippen MR) is 68.9 cm³/mol. The first kappa shape index (κ1) is 11.2. The first-order valence-corrected chi connectivity index (χ1v) is 5.96. The fraction of sp³-hybridized carbons (Fsp3) is 0.500. The van der Waals surface area contributed by atoms with Crippen molar-refractivity contribution in [1.29, 1.82) is 0 Å². The van der Waals surface area contributed by atoms with Crippen molar-refractivity contribution in [3.63, 3.8) is 0 Å². The summed E-state index contributed by atoms with van der Waals surface area (Å²) in [6, 6.07) is 4.43. The van der Waals surface area contributed by atoms with Crippen molar-refractivity contribution in [2.24, 2.45) is 7.05 Å². The Labute approximate surface area is 97.3 Å². The Kier molecular flexibility index (Phi) is 2.75. The fourth-order valence-corrected chi connectivity index (χ4v) is 2.05. The average molecular weight is 216 g/mol. The maximum Gasteiger partial charge on any atom is 0.140 e. The van der Waals surface area contributed by atoms with Crippen molar-refractivity contribution in [3.8, 4) is 0 Å². The third kappa shape index (κ3) is 1.73. The summed E-state index contributed by atoms with van der Waals surface area (Å²) in [5.41, 5.74) is 3.71. The molecule has 0 N–H and O–H groups in total. The van der Waals surface area contributed by atoms with E-state index < -0.39 is 0 Å². The van der Waals surface area contributed by atoms with E-state index in [2.05, 4.69) is 57.6 Å². The molecule has 0 aliphatic rings. The zero-order valence-electron chi connectivity index (χ0n) is 10.8. The van der Waals surface area contributed by atoms with Gasteiger partial charge in [-0.15, -0.1) is 0 Å². The van der Waals surface area contributed by atoms with Crippen LogP contribution < -0.4 is 0 Å². The molecule has 2 aromatic heterocycles. The zero-order valence-corrected chi connectivity index (χ0v) is 10.8. The summed E-state index contributed by atoms with van der Waals surface area (Å²) in [7, 11) is 2.06. The van der Waals surface area contributed by atoms with Gasteiger partial charge in [0, 0.05) is 24.3 Å². The lowest BCUT2D eigenvalue weighted by Gasteiger charge is -2.12. The SMILES string of the molecule is CC(C)c1cc(C(C)C)c2ccn(C)c2n1. The van der Waals surface area contributed by atoms with Gasteiger partial charge in [-0.3, -0.25) is 0 Å². The van der Waals surface area contributed by atoms with Crippen molar-refractivity contribution in [3.05, 3.63) is 29.6 Å². The third-order valence-corrected chi connectivity index (χ3v) is 3.10. The second-order valence-electron chi connectivity index (χ2n) is 5.11. The highest BCUT2D eigenvalue weighted by atomic mass is 15.0. The molecule has 2 heteroatoms. The fourth-order valence-electron chi connectivity index (χ4n) is 2.05. The number of hydrogen-bond donors (Lipinski definition) is 0. The van der Waals surface area contributed by atoms with Gasteiger partial charge in [0.25, 0.3) is 0 Å². The van der Waals surface area contributed by atoms with Crippen LogP contribution in [0.5, 0.6) is 0 Å². The zero-order chi connectivity index (χ0) is 11.9. The van der Waals surface area contributed by atoms with Gasteiger partial charge < -0.3 is 4.57 Å². The largest absolute Gasteiger partial charge is 0.336 e. The summed E-state index contributed by atoms with van der Waals surface area (Å²) < 4.78 is 2.10. The van der Waals surface area contributed by atoms with Crippen molar-refractivity contribution >= 4 is 11.0 Å². The highest BCUT2D eigenvalue weighted by molar-refractivity contribution is 5.81. The normalized spacial score (nSPS) is 11.9. The van der Waals surface area contributed by atoms with Gasteiger partial charge in [0.15, 0.2) is 0 Å². The molecule has 0 unspecified atom stereocenters. The van der Waals surface area contributed by atoms with E-state index in [-0.39, 0.29) is 0 Å². The lowest BCUT2D eigenvalue weighted by atomic mass is 9.97. The van der Waals surface area contributed by atoms with E-state index in [1.807, 2.05) is 0 Å². The molecule has 16 heavy (non-hydrogen) atoms. The van der Waals surface area contributed by atoms with Gasteiger partial charge in [0.1, 0.15) is 5.65 Å². The highest BCUT2D eigenvalue weighted by Crippen LogP contribution is 2.28. The molecule has 2 rings (SSSR count). The number of fused-ring (bicyclic) bond motifs is 1. The Balaban J connectivity index is 2.75. The molecule has 0 aromatic carbocycles. The summed E-state index contributed by atoms with van der Waals surface area (Å²) in [4.78, 5) is 4.74. The third-order valence-electron chi connectivity index (χ3n) is 3.10. The van der Waals surface area contributed by atoms with E-state index in [1.54, 1.807) is 0 Å². The molecule has 0 saturated carbocycles. The second-order valence-corrected chi connectivity index (χ2v) is 5.11. The smallest absolute Gasteiger partial charge is 0.140 e. The number of nitrogens with zero attached hydrogens (tertiary/aromatic N) is 2. The van der Waals surface area contributed by atoms with E-state index >= 15 is 0 Å². The van der Waals surface area contributed by atoms with Crippen molar-refractivity contribution < 1.29 is 0 Å². The monoisotopic (exact) mass is 216 g/mol. The molecular formula is C14H20N2. The topological polar surface area (TPSA) is 17.8 Å². The van der Waals surface area contributed by atoms with Crippen LogP contribution in [0.2, 0.25) is 0 Å².